The van der Waals surface area contributed by atoms with Crippen molar-refractivity contribution >= 4 is 34.1 Å². The minimum Gasteiger partial charge on any atom is -0.872 e. The number of fused-ring (bicyclic) bond motifs is 1. The van der Waals surface area contributed by atoms with Crippen LogP contribution in [0.3, 0.4) is 0 Å². The molecule has 0 bridgehead atoms. The van der Waals surface area contributed by atoms with E-state index in [-0.39, 0.29) is 22.2 Å². The second-order valence-corrected chi connectivity index (χ2v) is 5.67. The van der Waals surface area contributed by atoms with E-state index in [1.54, 1.807) is 22.8 Å². The maximum atomic E-state index is 12.1. The topological polar surface area (TPSA) is 90.0 Å². The average molecular weight is 355 g/mol. The number of nitrogens with zero attached hydrogens (tertiary/aromatic N) is 3. The van der Waals surface area contributed by atoms with Gasteiger partial charge in [-0.1, -0.05) is 47.7 Å². The second kappa shape index (κ2) is 6.78. The number of aromatic nitrogens is 1. The Labute approximate surface area is 148 Å². The molecule has 0 aliphatic rings. The monoisotopic (exact) mass is 354 g/mol. The highest BCUT2D eigenvalue weighted by Gasteiger charge is 2.16. The molecule has 0 saturated heterocycles. The summed E-state index contributed by atoms with van der Waals surface area (Å²) in [6.45, 7) is 4.03. The summed E-state index contributed by atoms with van der Waals surface area (Å²) in [5.74, 6) is -1.45. The lowest BCUT2D eigenvalue weighted by Gasteiger charge is -2.09. The van der Waals surface area contributed by atoms with E-state index in [0.29, 0.717) is 11.9 Å². The molecule has 126 valence electrons. The number of benzene rings is 2. The Balaban J connectivity index is 2.04. The lowest BCUT2D eigenvalue weighted by atomic mass is 10.2. The highest BCUT2D eigenvalue weighted by molar-refractivity contribution is 6.31. The Morgan fingerprint density at radius 3 is 2.84 bits per heavy atom. The van der Waals surface area contributed by atoms with E-state index in [1.807, 2.05) is 12.1 Å². The standard InChI is InChI=1S/C18H14ClN3O3/c1-2-9-22-14-6-4-3-5-12(14)16(18(22)25)20-21-17(24)13-10-11(19)7-8-15(13)23/h2-8,10,23,25H,1,9H2/p-1. The third-order valence-corrected chi connectivity index (χ3v) is 3.88. The van der Waals surface area contributed by atoms with Crippen LogP contribution in [0, 0.1) is 0 Å². The largest absolute Gasteiger partial charge is 0.872 e. The Morgan fingerprint density at radius 2 is 2.08 bits per heavy atom. The first-order valence-corrected chi connectivity index (χ1v) is 7.74. The van der Waals surface area contributed by atoms with Crippen molar-refractivity contribution in [3.63, 3.8) is 0 Å². The van der Waals surface area contributed by atoms with Crippen molar-refractivity contribution in [2.24, 2.45) is 10.2 Å². The van der Waals surface area contributed by atoms with E-state index < -0.39 is 11.7 Å². The molecule has 1 amide bonds. The molecule has 0 aliphatic heterocycles. The number of carbonyl (C=O) groups is 1. The van der Waals surface area contributed by atoms with Gasteiger partial charge in [0, 0.05) is 22.5 Å². The number of allylic oxidation sites excluding steroid dienone is 1. The van der Waals surface area contributed by atoms with Crippen LogP contribution >= 0.6 is 11.6 Å². The minimum atomic E-state index is -0.826. The first-order valence-electron chi connectivity index (χ1n) is 7.36. The predicted octanol–water partition coefficient (Wildman–Crippen LogP) is 4.18. The number of carbonyl (C=O) groups excluding carboxylic acids is 1. The number of hydrogen-bond donors (Lipinski definition) is 1. The van der Waals surface area contributed by atoms with E-state index in [0.717, 1.165) is 5.52 Å². The fraction of sp³-hybridized carbons (Fsp3) is 0.0556. The molecule has 0 unspecified atom stereocenters. The molecule has 0 saturated carbocycles. The van der Waals surface area contributed by atoms with Crippen molar-refractivity contribution in [1.82, 2.24) is 4.57 Å². The molecular formula is C18H13ClN3O3-. The molecule has 0 radical (unpaired) electrons. The fourth-order valence-corrected chi connectivity index (χ4v) is 2.67. The second-order valence-electron chi connectivity index (χ2n) is 5.23. The van der Waals surface area contributed by atoms with Crippen molar-refractivity contribution < 1.29 is 15.0 Å². The van der Waals surface area contributed by atoms with Crippen molar-refractivity contribution in [3.05, 3.63) is 65.7 Å². The van der Waals surface area contributed by atoms with E-state index in [2.05, 4.69) is 16.8 Å². The number of amides is 1. The van der Waals surface area contributed by atoms with E-state index in [4.69, 9.17) is 11.6 Å². The van der Waals surface area contributed by atoms with Crippen molar-refractivity contribution in [2.75, 3.05) is 0 Å². The molecule has 7 heteroatoms. The molecule has 3 rings (SSSR count). The van der Waals surface area contributed by atoms with Gasteiger partial charge in [0.1, 0.15) is 0 Å². The summed E-state index contributed by atoms with van der Waals surface area (Å²) in [5.41, 5.74) is 0.708. The third kappa shape index (κ3) is 3.12. The Morgan fingerprint density at radius 1 is 1.32 bits per heavy atom. The van der Waals surface area contributed by atoms with E-state index in [9.17, 15) is 15.0 Å². The molecule has 3 aromatic rings. The van der Waals surface area contributed by atoms with Crippen LogP contribution in [-0.4, -0.2) is 15.6 Å². The smallest absolute Gasteiger partial charge is 0.294 e. The molecule has 1 aromatic heterocycles. The Kier molecular flexibility index (Phi) is 4.54. The molecule has 6 nitrogen and oxygen atoms in total. The molecule has 0 fully saturated rings. The molecular weight excluding hydrogens is 342 g/mol. The van der Waals surface area contributed by atoms with Gasteiger partial charge in [0.2, 0.25) is 5.88 Å². The lowest BCUT2D eigenvalue weighted by Crippen LogP contribution is -2.01. The van der Waals surface area contributed by atoms with Crippen LogP contribution < -0.4 is 5.11 Å². The SMILES string of the molecule is C=CCn1c(O)c(N=NC(=O)c2cc(Cl)ccc2[O-])c2ccccc21. The number of rotatable bonds is 4. The molecule has 0 aliphatic carbocycles. The summed E-state index contributed by atoms with van der Waals surface area (Å²) in [5, 5.41) is 30.5. The van der Waals surface area contributed by atoms with Gasteiger partial charge in [-0.3, -0.25) is 4.79 Å². The number of aromatic hydroxyl groups is 1. The molecule has 0 spiro atoms. The number of hydrogen-bond acceptors (Lipinski definition) is 4. The summed E-state index contributed by atoms with van der Waals surface area (Å²) in [6.07, 6.45) is 1.63. The highest BCUT2D eigenvalue weighted by atomic mass is 35.5. The maximum absolute atomic E-state index is 12.1. The average Bonchev–Trinajstić information content (AvgIpc) is 2.87. The van der Waals surface area contributed by atoms with Crippen molar-refractivity contribution in [2.45, 2.75) is 6.54 Å². The van der Waals surface area contributed by atoms with Gasteiger partial charge in [0.05, 0.1) is 5.52 Å². The first kappa shape index (κ1) is 16.7. The summed E-state index contributed by atoms with van der Waals surface area (Å²) in [6, 6.07) is 11.0. The summed E-state index contributed by atoms with van der Waals surface area (Å²) < 4.78 is 1.60. The Bertz CT molecular complexity index is 1010. The van der Waals surface area contributed by atoms with E-state index in [1.165, 1.54) is 18.2 Å². The number of para-hydroxylation sites is 1. The van der Waals surface area contributed by atoms with Gasteiger partial charge in [-0.05, 0) is 18.2 Å². The van der Waals surface area contributed by atoms with Crippen LogP contribution in [-0.2, 0) is 6.54 Å². The molecule has 2 aromatic carbocycles. The highest BCUT2D eigenvalue weighted by Crippen LogP contribution is 2.38. The Hall–Kier alpha value is -3.12. The van der Waals surface area contributed by atoms with Crippen LogP contribution in [0.2, 0.25) is 5.02 Å². The number of halogens is 1. The van der Waals surface area contributed by atoms with Gasteiger partial charge >= 0.3 is 0 Å². The quantitative estimate of drug-likeness (QED) is 0.562. The zero-order valence-corrected chi connectivity index (χ0v) is 13.8. The lowest BCUT2D eigenvalue weighted by molar-refractivity contribution is -0.268. The van der Waals surface area contributed by atoms with Crippen molar-refractivity contribution in [3.8, 4) is 11.6 Å². The fourth-order valence-electron chi connectivity index (χ4n) is 2.50. The maximum Gasteiger partial charge on any atom is 0.294 e. The molecule has 1 heterocycles. The van der Waals surface area contributed by atoms with Crippen LogP contribution in [0.25, 0.3) is 10.9 Å². The molecule has 25 heavy (non-hydrogen) atoms. The minimum absolute atomic E-state index is 0.133. The van der Waals surface area contributed by atoms with Crippen molar-refractivity contribution in [1.29, 1.82) is 0 Å². The van der Waals surface area contributed by atoms with Gasteiger partial charge in [-0.25, -0.2) is 0 Å². The number of azo groups is 1. The third-order valence-electron chi connectivity index (χ3n) is 3.64. The van der Waals surface area contributed by atoms with Crippen LogP contribution in [0.1, 0.15) is 10.4 Å². The van der Waals surface area contributed by atoms with Gasteiger partial charge in [0.15, 0.2) is 5.69 Å². The molecule has 0 atom stereocenters. The van der Waals surface area contributed by atoms with E-state index >= 15 is 0 Å². The summed E-state index contributed by atoms with van der Waals surface area (Å²) in [7, 11) is 0. The first-order chi connectivity index (χ1) is 12.0. The van der Waals surface area contributed by atoms with Crippen LogP contribution in [0.4, 0.5) is 5.69 Å². The van der Waals surface area contributed by atoms with Crippen LogP contribution in [0.15, 0.2) is 65.3 Å². The zero-order chi connectivity index (χ0) is 18.0. The van der Waals surface area contributed by atoms with Gasteiger partial charge in [0.25, 0.3) is 5.91 Å². The molecule has 1 N–H and O–H groups in total. The zero-order valence-electron chi connectivity index (χ0n) is 13.0. The van der Waals surface area contributed by atoms with Gasteiger partial charge in [-0.2, -0.15) is 0 Å². The van der Waals surface area contributed by atoms with Crippen LogP contribution in [0.5, 0.6) is 11.6 Å². The van der Waals surface area contributed by atoms with Gasteiger partial charge < -0.3 is 14.8 Å². The summed E-state index contributed by atoms with van der Waals surface area (Å²) in [4.78, 5) is 12.1. The summed E-state index contributed by atoms with van der Waals surface area (Å²) >= 11 is 5.80. The normalized spacial score (nSPS) is 11.2. The van der Waals surface area contributed by atoms with Gasteiger partial charge in [-0.15, -0.1) is 16.8 Å². The predicted molar refractivity (Wildman–Crippen MR) is 93.5 cm³/mol.